The van der Waals surface area contributed by atoms with Crippen LogP contribution < -0.4 is 20.8 Å². The number of benzene rings is 2. The van der Waals surface area contributed by atoms with E-state index in [2.05, 4.69) is 20.2 Å². The zero-order chi connectivity index (χ0) is 26.5. The highest BCUT2D eigenvalue weighted by atomic mass is 35.5. The van der Waals surface area contributed by atoms with Crippen LogP contribution in [0.5, 0.6) is 11.5 Å². The van der Waals surface area contributed by atoms with Gasteiger partial charge in [0.1, 0.15) is 17.6 Å². The fourth-order valence-corrected chi connectivity index (χ4v) is 4.04. The molecule has 0 unspecified atom stereocenters. The third-order valence-electron chi connectivity index (χ3n) is 5.09. The van der Waals surface area contributed by atoms with Crippen molar-refractivity contribution in [2.24, 2.45) is 10.8 Å². The maximum absolute atomic E-state index is 13.0. The molecule has 4 rings (SSSR count). The Balaban J connectivity index is 1.50. The van der Waals surface area contributed by atoms with E-state index in [-0.39, 0.29) is 27.4 Å². The molecule has 3 N–H and O–H groups in total. The van der Waals surface area contributed by atoms with Crippen LogP contribution >= 0.6 is 23.2 Å². The smallest absolute Gasteiger partial charge is 0.412 e. The SMILES string of the molecule is N#CC(=NNc1cc(Cl)c(Oc2ccc3c(c2)CCN(c2ccccn2)C3=O)c(Cl)c1)C(=O)OC(N)=O. The number of hydrogen-bond acceptors (Lipinski definition) is 9. The van der Waals surface area contributed by atoms with Crippen molar-refractivity contribution >= 4 is 58.4 Å². The first kappa shape index (κ1) is 25.4. The normalized spacial score (nSPS) is 12.8. The molecule has 186 valence electrons. The number of nitrogens with zero attached hydrogens (tertiary/aromatic N) is 4. The Morgan fingerprint density at radius 1 is 1.16 bits per heavy atom. The van der Waals surface area contributed by atoms with E-state index in [0.29, 0.717) is 30.1 Å². The van der Waals surface area contributed by atoms with E-state index in [1.807, 2.05) is 6.07 Å². The van der Waals surface area contributed by atoms with Gasteiger partial charge in [0.25, 0.3) is 5.91 Å². The number of amides is 2. The molecule has 11 nitrogen and oxygen atoms in total. The average molecular weight is 539 g/mol. The number of anilines is 2. The number of primary amides is 1. The second-order valence-corrected chi connectivity index (χ2v) is 8.29. The van der Waals surface area contributed by atoms with Crippen molar-refractivity contribution in [2.75, 3.05) is 16.9 Å². The summed E-state index contributed by atoms with van der Waals surface area (Å²) >= 11 is 12.7. The van der Waals surface area contributed by atoms with Crippen LogP contribution in [0.2, 0.25) is 10.0 Å². The third-order valence-corrected chi connectivity index (χ3v) is 5.65. The summed E-state index contributed by atoms with van der Waals surface area (Å²) in [6, 6.07) is 14.7. The van der Waals surface area contributed by atoms with Gasteiger partial charge in [0.05, 0.1) is 15.7 Å². The zero-order valence-corrected chi connectivity index (χ0v) is 20.3. The van der Waals surface area contributed by atoms with Crippen LogP contribution in [0.3, 0.4) is 0 Å². The highest BCUT2D eigenvalue weighted by Crippen LogP contribution is 2.39. The summed E-state index contributed by atoms with van der Waals surface area (Å²) in [5, 5.41) is 12.8. The summed E-state index contributed by atoms with van der Waals surface area (Å²) in [4.78, 5) is 41.1. The Bertz CT molecular complexity index is 1450. The van der Waals surface area contributed by atoms with Gasteiger partial charge in [-0.25, -0.2) is 14.6 Å². The number of carbonyl (C=O) groups excluding carboxylic acids is 3. The quantitative estimate of drug-likeness (QED) is 0.203. The van der Waals surface area contributed by atoms with Gasteiger partial charge in [-0.3, -0.25) is 15.1 Å². The molecule has 1 aromatic heterocycles. The number of nitrogens with one attached hydrogen (secondary N) is 1. The molecule has 1 aliphatic rings. The topological polar surface area (TPSA) is 160 Å². The highest BCUT2D eigenvalue weighted by molar-refractivity contribution is 6.44. The van der Waals surface area contributed by atoms with E-state index in [1.54, 1.807) is 41.4 Å². The third kappa shape index (κ3) is 5.78. The number of esters is 1. The van der Waals surface area contributed by atoms with Crippen molar-refractivity contribution in [3.05, 3.63) is 75.9 Å². The maximum atomic E-state index is 13.0. The maximum Gasteiger partial charge on any atom is 0.412 e. The van der Waals surface area contributed by atoms with Gasteiger partial charge in [-0.2, -0.15) is 10.4 Å². The lowest BCUT2D eigenvalue weighted by Crippen LogP contribution is -2.38. The van der Waals surface area contributed by atoms with Crippen LogP contribution in [-0.4, -0.2) is 35.2 Å². The van der Waals surface area contributed by atoms with Crippen molar-refractivity contribution in [3.63, 3.8) is 0 Å². The number of pyridine rings is 1. The van der Waals surface area contributed by atoms with E-state index in [4.69, 9.17) is 38.9 Å². The first-order chi connectivity index (χ1) is 17.8. The monoisotopic (exact) mass is 538 g/mol. The predicted octanol–water partition coefficient (Wildman–Crippen LogP) is 4.30. The van der Waals surface area contributed by atoms with Crippen LogP contribution in [0.25, 0.3) is 0 Å². The van der Waals surface area contributed by atoms with E-state index < -0.39 is 17.8 Å². The molecule has 2 amide bonds. The van der Waals surface area contributed by atoms with Gasteiger partial charge < -0.3 is 15.2 Å². The molecule has 0 radical (unpaired) electrons. The lowest BCUT2D eigenvalue weighted by molar-refractivity contribution is -0.129. The lowest BCUT2D eigenvalue weighted by atomic mass is 9.98. The minimum atomic E-state index is -1.38. The van der Waals surface area contributed by atoms with E-state index >= 15 is 0 Å². The van der Waals surface area contributed by atoms with E-state index in [1.165, 1.54) is 18.2 Å². The summed E-state index contributed by atoms with van der Waals surface area (Å²) in [5.74, 6) is -0.338. The van der Waals surface area contributed by atoms with Crippen LogP contribution in [0.1, 0.15) is 15.9 Å². The molecule has 0 spiro atoms. The number of aromatic nitrogens is 1. The number of hydrazone groups is 1. The molecule has 2 aromatic carbocycles. The molecule has 13 heteroatoms. The van der Waals surface area contributed by atoms with Crippen LogP contribution in [0, 0.1) is 11.3 Å². The molecular formula is C24H16Cl2N6O5. The van der Waals surface area contributed by atoms with E-state index in [0.717, 1.165) is 5.56 Å². The first-order valence-electron chi connectivity index (χ1n) is 10.5. The van der Waals surface area contributed by atoms with Gasteiger partial charge in [-0.1, -0.05) is 29.3 Å². The lowest BCUT2D eigenvalue weighted by Gasteiger charge is -2.28. The number of nitriles is 1. The highest BCUT2D eigenvalue weighted by Gasteiger charge is 2.26. The van der Waals surface area contributed by atoms with Crippen molar-refractivity contribution in [1.82, 2.24) is 4.98 Å². The second-order valence-electron chi connectivity index (χ2n) is 7.48. The summed E-state index contributed by atoms with van der Waals surface area (Å²) in [6.45, 7) is 0.465. The van der Waals surface area contributed by atoms with Gasteiger partial charge in [0.2, 0.25) is 5.71 Å². The minimum Gasteiger partial charge on any atom is -0.454 e. The summed E-state index contributed by atoms with van der Waals surface area (Å²) in [5.41, 5.74) is 7.99. The number of hydrogen-bond donors (Lipinski definition) is 2. The summed E-state index contributed by atoms with van der Waals surface area (Å²) in [6.07, 6.45) is 0.852. The molecule has 0 fully saturated rings. The number of ether oxygens (including phenoxy) is 2. The van der Waals surface area contributed by atoms with Gasteiger partial charge in [-0.05, 0) is 54.4 Å². The predicted molar refractivity (Wildman–Crippen MR) is 135 cm³/mol. The summed E-state index contributed by atoms with van der Waals surface area (Å²) in [7, 11) is 0. The minimum absolute atomic E-state index is 0.0959. The molecule has 1 aliphatic heterocycles. The Morgan fingerprint density at radius 3 is 2.57 bits per heavy atom. The van der Waals surface area contributed by atoms with Gasteiger partial charge >= 0.3 is 12.1 Å². The number of halogens is 2. The molecule has 37 heavy (non-hydrogen) atoms. The van der Waals surface area contributed by atoms with Crippen molar-refractivity contribution in [3.8, 4) is 17.6 Å². The second kappa shape index (κ2) is 10.9. The molecule has 2 heterocycles. The van der Waals surface area contributed by atoms with E-state index in [9.17, 15) is 14.4 Å². The Kier molecular flexibility index (Phi) is 7.52. The van der Waals surface area contributed by atoms with Crippen LogP contribution in [0.15, 0.2) is 59.8 Å². The van der Waals surface area contributed by atoms with Gasteiger partial charge in [-0.15, -0.1) is 0 Å². The van der Waals surface area contributed by atoms with Crippen molar-refractivity contribution < 1.29 is 23.9 Å². The molecule has 0 bridgehead atoms. The average Bonchev–Trinajstić information content (AvgIpc) is 2.87. The Morgan fingerprint density at radius 2 is 1.92 bits per heavy atom. The summed E-state index contributed by atoms with van der Waals surface area (Å²) < 4.78 is 10.0. The molecule has 0 aliphatic carbocycles. The van der Waals surface area contributed by atoms with Gasteiger partial charge in [0.15, 0.2) is 5.75 Å². The Hall–Kier alpha value is -4.66. The molecule has 0 saturated heterocycles. The fourth-order valence-electron chi connectivity index (χ4n) is 3.48. The zero-order valence-electron chi connectivity index (χ0n) is 18.8. The first-order valence-corrected chi connectivity index (χ1v) is 11.3. The number of nitrogens with two attached hydrogens (primary N) is 1. The molecule has 0 atom stereocenters. The molecular weight excluding hydrogens is 523 g/mol. The standard InChI is InChI=1S/C24H16Cl2N6O5/c25-17-10-14(30-31-19(12-27)23(34)37-24(28)35)11-18(26)21(17)36-15-4-5-16-13(9-15)6-8-32(22(16)33)20-3-1-2-7-29-20/h1-5,7,9-11,30H,6,8H2,(H2,28,35). The van der Waals surface area contributed by atoms with Crippen molar-refractivity contribution in [2.45, 2.75) is 6.42 Å². The Labute approximate surface area is 220 Å². The fraction of sp³-hybridized carbons (Fsp3) is 0.0833. The molecule has 3 aromatic rings. The largest absolute Gasteiger partial charge is 0.454 e. The van der Waals surface area contributed by atoms with Crippen LogP contribution in [0.4, 0.5) is 16.3 Å². The number of carbonyl (C=O) groups is 3. The molecule has 0 saturated carbocycles. The van der Waals surface area contributed by atoms with Crippen LogP contribution in [-0.2, 0) is 16.0 Å². The number of fused-ring (bicyclic) bond motifs is 1. The van der Waals surface area contributed by atoms with Crippen molar-refractivity contribution in [1.29, 1.82) is 5.26 Å². The number of rotatable bonds is 6. The van der Waals surface area contributed by atoms with Gasteiger partial charge in [0, 0.05) is 18.3 Å².